The Morgan fingerprint density at radius 2 is 1.95 bits per heavy atom. The zero-order valence-corrected chi connectivity index (χ0v) is 13.1. The van der Waals surface area contributed by atoms with Crippen molar-refractivity contribution in [1.82, 2.24) is 0 Å². The van der Waals surface area contributed by atoms with Crippen molar-refractivity contribution in [2.45, 2.75) is 6.92 Å². The van der Waals surface area contributed by atoms with Crippen LogP contribution < -0.4 is 5.30 Å². The molecule has 0 radical (unpaired) electrons. The fraction of sp³-hybridized carbons (Fsp3) is 0.125. The largest absolute Gasteiger partial charge is 0.507 e. The molecule has 0 aliphatic carbocycles. The van der Waals surface area contributed by atoms with Crippen LogP contribution in [0.25, 0.3) is 0 Å². The van der Waals surface area contributed by atoms with E-state index in [1.54, 1.807) is 19.1 Å². The van der Waals surface area contributed by atoms with Gasteiger partial charge in [0.15, 0.2) is 0 Å². The first-order valence-corrected chi connectivity index (χ1v) is 8.37. The molecule has 2 rings (SSSR count). The van der Waals surface area contributed by atoms with Crippen LogP contribution in [-0.2, 0) is 9.09 Å². The van der Waals surface area contributed by atoms with Crippen molar-refractivity contribution in [3.05, 3.63) is 59.1 Å². The van der Waals surface area contributed by atoms with Gasteiger partial charge in [-0.3, -0.25) is 4.57 Å². The monoisotopic (exact) mass is 320 g/mol. The maximum atomic E-state index is 12.9. The van der Waals surface area contributed by atoms with E-state index in [9.17, 15) is 9.67 Å². The fourth-order valence-electron chi connectivity index (χ4n) is 1.74. The van der Waals surface area contributed by atoms with Crippen molar-refractivity contribution < 1.29 is 14.2 Å². The highest BCUT2D eigenvalue weighted by Crippen LogP contribution is 2.47. The highest BCUT2D eigenvalue weighted by molar-refractivity contribution is 7.72. The van der Waals surface area contributed by atoms with Gasteiger partial charge in [0.05, 0.1) is 11.9 Å². The number of aromatic hydroxyl groups is 1. The second-order valence-electron chi connectivity index (χ2n) is 4.21. The number of benzene rings is 2. The number of hydrogen-bond acceptors (Lipinski definition) is 3. The van der Waals surface area contributed by atoms with Crippen molar-refractivity contribution in [2.75, 3.05) is 6.61 Å². The third-order valence-corrected chi connectivity index (χ3v) is 4.94. The van der Waals surface area contributed by atoms with Gasteiger partial charge in [-0.15, -0.1) is 0 Å². The van der Waals surface area contributed by atoms with Crippen LogP contribution in [0.5, 0.6) is 5.75 Å². The fourth-order valence-corrected chi connectivity index (χ4v) is 3.63. The lowest BCUT2D eigenvalue weighted by Crippen LogP contribution is -2.07. The topological polar surface area (TPSA) is 46.5 Å². The van der Waals surface area contributed by atoms with Gasteiger partial charge in [0.2, 0.25) is 0 Å². The summed E-state index contributed by atoms with van der Waals surface area (Å²) >= 11 is 5.90. The zero-order chi connectivity index (χ0) is 15.3. The van der Waals surface area contributed by atoms with Crippen molar-refractivity contribution >= 4 is 24.3 Å². The molecule has 0 saturated carbocycles. The van der Waals surface area contributed by atoms with Crippen LogP contribution in [0.4, 0.5) is 0 Å². The molecule has 2 aromatic carbocycles. The summed E-state index contributed by atoms with van der Waals surface area (Å²) in [6, 6.07) is 13.5. The molecule has 0 heterocycles. The van der Waals surface area contributed by atoms with Crippen molar-refractivity contribution in [3.8, 4) is 17.3 Å². The Balaban J connectivity index is 2.49. The van der Waals surface area contributed by atoms with Gasteiger partial charge in [-0.2, -0.15) is 0 Å². The molecular weight excluding hydrogens is 307 g/mol. The van der Waals surface area contributed by atoms with Gasteiger partial charge < -0.3 is 9.63 Å². The zero-order valence-electron chi connectivity index (χ0n) is 11.4. The maximum Gasteiger partial charge on any atom is 0.307 e. The molecule has 0 aromatic heterocycles. The first-order valence-electron chi connectivity index (χ1n) is 6.37. The van der Waals surface area contributed by atoms with Crippen molar-refractivity contribution in [2.24, 2.45) is 0 Å². The van der Waals surface area contributed by atoms with Crippen LogP contribution in [0.2, 0.25) is 5.02 Å². The summed E-state index contributed by atoms with van der Waals surface area (Å²) in [6.07, 6.45) is 0. The van der Waals surface area contributed by atoms with E-state index in [1.165, 1.54) is 18.2 Å². The summed E-state index contributed by atoms with van der Waals surface area (Å²) in [4.78, 5) is 0. The molecule has 1 unspecified atom stereocenters. The van der Waals surface area contributed by atoms with Gasteiger partial charge in [-0.05, 0) is 42.9 Å². The van der Waals surface area contributed by atoms with E-state index < -0.39 is 7.37 Å². The lowest BCUT2D eigenvalue weighted by Gasteiger charge is -2.13. The van der Waals surface area contributed by atoms with E-state index in [2.05, 4.69) is 11.6 Å². The maximum absolute atomic E-state index is 12.9. The van der Waals surface area contributed by atoms with E-state index in [0.717, 1.165) is 5.56 Å². The Hall–Kier alpha value is -1.72. The third-order valence-electron chi connectivity index (χ3n) is 2.69. The quantitative estimate of drug-likeness (QED) is 0.687. The first kappa shape index (κ1) is 15.7. The minimum Gasteiger partial charge on any atom is -0.507 e. The van der Waals surface area contributed by atoms with Gasteiger partial charge in [-0.1, -0.05) is 35.7 Å². The van der Waals surface area contributed by atoms with Crippen LogP contribution in [0.1, 0.15) is 12.5 Å². The number of hydrogen-bond donors (Lipinski definition) is 1. The lowest BCUT2D eigenvalue weighted by molar-refractivity contribution is 0.347. The van der Waals surface area contributed by atoms with Gasteiger partial charge in [0.1, 0.15) is 5.75 Å². The Labute approximate surface area is 129 Å². The molecule has 0 saturated heterocycles. The van der Waals surface area contributed by atoms with E-state index in [4.69, 9.17) is 16.1 Å². The van der Waals surface area contributed by atoms with Gasteiger partial charge in [0, 0.05) is 10.6 Å². The van der Waals surface area contributed by atoms with E-state index in [1.807, 2.05) is 18.2 Å². The minimum atomic E-state index is -3.50. The number of phenols is 1. The highest BCUT2D eigenvalue weighted by Gasteiger charge is 2.27. The van der Waals surface area contributed by atoms with Crippen LogP contribution in [-0.4, -0.2) is 11.7 Å². The summed E-state index contributed by atoms with van der Waals surface area (Å²) in [5, 5.41) is 10.4. The normalized spacial score (nSPS) is 13.0. The Morgan fingerprint density at radius 3 is 2.62 bits per heavy atom. The molecule has 108 valence electrons. The van der Waals surface area contributed by atoms with E-state index in [0.29, 0.717) is 5.02 Å². The van der Waals surface area contributed by atoms with Gasteiger partial charge in [-0.25, -0.2) is 0 Å². The molecule has 0 bridgehead atoms. The molecule has 0 aliphatic heterocycles. The minimum absolute atomic E-state index is 0.125. The predicted molar refractivity (Wildman–Crippen MR) is 85.3 cm³/mol. The van der Waals surface area contributed by atoms with Crippen molar-refractivity contribution in [1.29, 1.82) is 0 Å². The van der Waals surface area contributed by atoms with E-state index >= 15 is 0 Å². The van der Waals surface area contributed by atoms with Crippen LogP contribution >= 0.6 is 19.0 Å². The van der Waals surface area contributed by atoms with Gasteiger partial charge in [0.25, 0.3) is 0 Å². The molecule has 1 atom stereocenters. The SMILES string of the molecule is CCOP(=O)(C#Cc1ccccc1)c1cc(Cl)ccc1O. The molecule has 0 amide bonds. The molecular formula is C16H14ClO3P. The average Bonchev–Trinajstić information content (AvgIpc) is 2.49. The second kappa shape index (κ2) is 6.83. The van der Waals surface area contributed by atoms with Crippen LogP contribution in [0.3, 0.4) is 0 Å². The standard InChI is InChI=1S/C16H14ClO3P/c1-2-20-21(19,11-10-13-6-4-3-5-7-13)16-12-14(17)8-9-15(16)18/h3-9,12,18H,2H2,1H3. The average molecular weight is 321 g/mol. The molecule has 2 aromatic rings. The Morgan fingerprint density at radius 1 is 1.24 bits per heavy atom. The number of rotatable bonds is 3. The van der Waals surface area contributed by atoms with Crippen LogP contribution in [0, 0.1) is 11.6 Å². The smallest absolute Gasteiger partial charge is 0.307 e. The Bertz CT molecular complexity index is 732. The van der Waals surface area contributed by atoms with Crippen LogP contribution in [0.15, 0.2) is 48.5 Å². The lowest BCUT2D eigenvalue weighted by atomic mass is 10.2. The molecule has 1 N–H and O–H groups in total. The summed E-state index contributed by atoms with van der Waals surface area (Å²) in [5.41, 5.74) is 3.38. The molecule has 21 heavy (non-hydrogen) atoms. The summed E-state index contributed by atoms with van der Waals surface area (Å²) in [6.45, 7) is 1.94. The molecule has 5 heteroatoms. The predicted octanol–water partition coefficient (Wildman–Crippen LogP) is 3.99. The highest BCUT2D eigenvalue weighted by atomic mass is 35.5. The van der Waals surface area contributed by atoms with Gasteiger partial charge >= 0.3 is 7.37 Å². The molecule has 3 nitrogen and oxygen atoms in total. The van der Waals surface area contributed by atoms with Crippen molar-refractivity contribution in [3.63, 3.8) is 0 Å². The summed E-state index contributed by atoms with van der Waals surface area (Å²) in [7, 11) is -3.50. The Kier molecular flexibility index (Phi) is 5.09. The number of halogens is 1. The number of phenolic OH excluding ortho intramolecular Hbond substituents is 1. The second-order valence-corrected chi connectivity index (χ2v) is 6.71. The molecule has 0 fully saturated rings. The first-order chi connectivity index (χ1) is 10.0. The summed E-state index contributed by atoms with van der Waals surface area (Å²) < 4.78 is 18.3. The summed E-state index contributed by atoms with van der Waals surface area (Å²) in [5.74, 6) is 2.68. The molecule has 0 aliphatic rings. The molecule has 0 spiro atoms. The third kappa shape index (κ3) is 3.89. The van der Waals surface area contributed by atoms with E-state index in [-0.39, 0.29) is 17.7 Å².